The summed E-state index contributed by atoms with van der Waals surface area (Å²) in [7, 11) is 4.16. The van der Waals surface area contributed by atoms with Gasteiger partial charge in [0.1, 0.15) is 0 Å². The molecule has 0 heterocycles. The van der Waals surface area contributed by atoms with Gasteiger partial charge in [0.25, 0.3) is 0 Å². The molecule has 18 heavy (non-hydrogen) atoms. The summed E-state index contributed by atoms with van der Waals surface area (Å²) in [6.07, 6.45) is 0. The zero-order valence-corrected chi connectivity index (χ0v) is 11.3. The first kappa shape index (κ1) is 12.7. The molecule has 0 amide bonds. The number of aryl methyl sites for hydroxylation is 1. The summed E-state index contributed by atoms with van der Waals surface area (Å²) in [5, 5.41) is 4.42. The lowest BCUT2D eigenvalue weighted by molar-refractivity contribution is 0.365. The number of anilines is 1. The number of hydrazine groups is 1. The standard InChI is InChI=1S/C16H20N2/c1-14-9-7-8-12-16(14)18(17(2)3)13-15-10-5-4-6-11-15/h4-12H,13H2,1-3H3. The van der Waals surface area contributed by atoms with Crippen molar-refractivity contribution in [2.24, 2.45) is 0 Å². The maximum Gasteiger partial charge on any atom is 0.0597 e. The molecule has 2 aromatic carbocycles. The second-order valence-electron chi connectivity index (χ2n) is 4.68. The zero-order valence-electron chi connectivity index (χ0n) is 11.3. The molecule has 2 rings (SSSR count). The van der Waals surface area contributed by atoms with Crippen molar-refractivity contribution >= 4 is 5.69 Å². The van der Waals surface area contributed by atoms with E-state index in [1.54, 1.807) is 0 Å². The van der Waals surface area contributed by atoms with Gasteiger partial charge in [-0.25, -0.2) is 5.01 Å². The molecule has 2 aromatic rings. The molecule has 0 fully saturated rings. The number of benzene rings is 2. The van der Waals surface area contributed by atoms with Gasteiger partial charge in [0, 0.05) is 14.1 Å². The van der Waals surface area contributed by atoms with E-state index in [4.69, 9.17) is 0 Å². The van der Waals surface area contributed by atoms with Gasteiger partial charge in [-0.3, -0.25) is 0 Å². The van der Waals surface area contributed by atoms with Gasteiger partial charge in [-0.15, -0.1) is 0 Å². The molecule has 0 aromatic heterocycles. The van der Waals surface area contributed by atoms with E-state index >= 15 is 0 Å². The lowest BCUT2D eigenvalue weighted by Gasteiger charge is -2.32. The number of nitrogens with zero attached hydrogens (tertiary/aromatic N) is 2. The molecule has 0 aliphatic heterocycles. The molecule has 0 aliphatic carbocycles. The fourth-order valence-electron chi connectivity index (χ4n) is 2.05. The lowest BCUT2D eigenvalue weighted by atomic mass is 10.1. The van der Waals surface area contributed by atoms with E-state index in [1.165, 1.54) is 16.8 Å². The lowest BCUT2D eigenvalue weighted by Crippen LogP contribution is -2.36. The Morgan fingerprint density at radius 3 is 2.06 bits per heavy atom. The van der Waals surface area contributed by atoms with Gasteiger partial charge in [0.15, 0.2) is 0 Å². The molecule has 2 nitrogen and oxygen atoms in total. The first-order valence-corrected chi connectivity index (χ1v) is 6.23. The highest BCUT2D eigenvalue weighted by molar-refractivity contribution is 5.52. The highest BCUT2D eigenvalue weighted by Crippen LogP contribution is 2.22. The molecule has 0 aliphatic rings. The second-order valence-corrected chi connectivity index (χ2v) is 4.68. The van der Waals surface area contributed by atoms with Crippen molar-refractivity contribution in [3.8, 4) is 0 Å². The van der Waals surface area contributed by atoms with Crippen LogP contribution in [0, 0.1) is 6.92 Å². The maximum atomic E-state index is 2.28. The van der Waals surface area contributed by atoms with Crippen molar-refractivity contribution in [2.75, 3.05) is 19.1 Å². The molecule has 94 valence electrons. The van der Waals surface area contributed by atoms with Crippen molar-refractivity contribution < 1.29 is 0 Å². The van der Waals surface area contributed by atoms with E-state index in [9.17, 15) is 0 Å². The van der Waals surface area contributed by atoms with E-state index in [-0.39, 0.29) is 0 Å². The predicted molar refractivity (Wildman–Crippen MR) is 77.5 cm³/mol. The minimum atomic E-state index is 0.888. The van der Waals surface area contributed by atoms with Crippen LogP contribution >= 0.6 is 0 Å². The smallest absolute Gasteiger partial charge is 0.0597 e. The molecule has 0 saturated carbocycles. The molecule has 0 N–H and O–H groups in total. The number of rotatable bonds is 4. The molecule has 0 radical (unpaired) electrons. The largest absolute Gasteiger partial charge is 0.302 e. The Balaban J connectivity index is 2.27. The van der Waals surface area contributed by atoms with E-state index in [1.807, 2.05) is 0 Å². The highest BCUT2D eigenvalue weighted by Gasteiger charge is 2.11. The van der Waals surface area contributed by atoms with E-state index in [0.29, 0.717) is 0 Å². The van der Waals surface area contributed by atoms with Gasteiger partial charge in [-0.2, -0.15) is 0 Å². The Bertz CT molecular complexity index is 491. The van der Waals surface area contributed by atoms with Gasteiger partial charge >= 0.3 is 0 Å². The summed E-state index contributed by atoms with van der Waals surface area (Å²) in [6, 6.07) is 19.0. The van der Waals surface area contributed by atoms with E-state index in [2.05, 4.69) is 85.6 Å². The highest BCUT2D eigenvalue weighted by atomic mass is 15.6. The minimum Gasteiger partial charge on any atom is -0.302 e. The van der Waals surface area contributed by atoms with Gasteiger partial charge in [0.05, 0.1) is 12.2 Å². The molecular formula is C16H20N2. The monoisotopic (exact) mass is 240 g/mol. The van der Waals surface area contributed by atoms with Crippen LogP contribution in [-0.4, -0.2) is 19.1 Å². The Kier molecular flexibility index (Phi) is 4.00. The minimum absolute atomic E-state index is 0.888. The summed E-state index contributed by atoms with van der Waals surface area (Å²) < 4.78 is 0. The van der Waals surface area contributed by atoms with Crippen LogP contribution in [0.3, 0.4) is 0 Å². The van der Waals surface area contributed by atoms with Crippen LogP contribution < -0.4 is 5.01 Å². The summed E-state index contributed by atoms with van der Waals surface area (Å²) >= 11 is 0. The molecule has 2 heteroatoms. The van der Waals surface area contributed by atoms with Crippen molar-refractivity contribution in [3.63, 3.8) is 0 Å². The van der Waals surface area contributed by atoms with Crippen LogP contribution in [0.5, 0.6) is 0 Å². The van der Waals surface area contributed by atoms with Crippen LogP contribution in [0.4, 0.5) is 5.69 Å². The van der Waals surface area contributed by atoms with Crippen molar-refractivity contribution in [1.82, 2.24) is 5.01 Å². The predicted octanol–water partition coefficient (Wildman–Crippen LogP) is 3.48. The third-order valence-corrected chi connectivity index (χ3v) is 3.05. The average molecular weight is 240 g/mol. The quantitative estimate of drug-likeness (QED) is 0.755. The first-order valence-electron chi connectivity index (χ1n) is 6.23. The topological polar surface area (TPSA) is 6.48 Å². The fraction of sp³-hybridized carbons (Fsp3) is 0.250. The second kappa shape index (κ2) is 5.69. The molecule has 0 bridgehead atoms. The number of hydrogen-bond donors (Lipinski definition) is 0. The van der Waals surface area contributed by atoms with E-state index in [0.717, 1.165) is 6.54 Å². The van der Waals surface area contributed by atoms with E-state index < -0.39 is 0 Å². The SMILES string of the molecule is Cc1ccccc1N(Cc1ccccc1)N(C)C. The molecular weight excluding hydrogens is 220 g/mol. The Morgan fingerprint density at radius 2 is 1.44 bits per heavy atom. The van der Waals surface area contributed by atoms with Gasteiger partial charge in [-0.05, 0) is 24.1 Å². The maximum absolute atomic E-state index is 2.28. The molecule has 0 spiro atoms. The fourth-order valence-corrected chi connectivity index (χ4v) is 2.05. The summed E-state index contributed by atoms with van der Waals surface area (Å²) in [5.74, 6) is 0. The molecule has 0 atom stereocenters. The van der Waals surface area contributed by atoms with Crippen molar-refractivity contribution in [1.29, 1.82) is 0 Å². The molecule has 0 saturated heterocycles. The average Bonchev–Trinajstić information content (AvgIpc) is 2.38. The van der Waals surface area contributed by atoms with Crippen LogP contribution in [0.15, 0.2) is 54.6 Å². The summed E-state index contributed by atoms with van der Waals surface area (Å²) in [6.45, 7) is 3.04. The third-order valence-electron chi connectivity index (χ3n) is 3.05. The summed E-state index contributed by atoms with van der Waals surface area (Å²) in [5.41, 5.74) is 3.86. The van der Waals surface area contributed by atoms with Gasteiger partial charge in [0.2, 0.25) is 0 Å². The van der Waals surface area contributed by atoms with Gasteiger partial charge in [-0.1, -0.05) is 48.5 Å². The zero-order chi connectivity index (χ0) is 13.0. The van der Waals surface area contributed by atoms with Crippen molar-refractivity contribution in [2.45, 2.75) is 13.5 Å². The van der Waals surface area contributed by atoms with Crippen molar-refractivity contribution in [3.05, 3.63) is 65.7 Å². The van der Waals surface area contributed by atoms with Crippen LogP contribution in [0.2, 0.25) is 0 Å². The Hall–Kier alpha value is -1.80. The third kappa shape index (κ3) is 2.90. The van der Waals surface area contributed by atoms with Gasteiger partial charge < -0.3 is 5.01 Å². The number of para-hydroxylation sites is 1. The Morgan fingerprint density at radius 1 is 0.833 bits per heavy atom. The number of hydrogen-bond acceptors (Lipinski definition) is 2. The normalized spacial score (nSPS) is 10.7. The van der Waals surface area contributed by atoms with Crippen LogP contribution in [0.25, 0.3) is 0 Å². The Labute approximate surface area is 109 Å². The van der Waals surface area contributed by atoms with Crippen LogP contribution in [0.1, 0.15) is 11.1 Å². The van der Waals surface area contributed by atoms with Crippen LogP contribution in [-0.2, 0) is 6.54 Å². The summed E-state index contributed by atoms with van der Waals surface area (Å²) in [4.78, 5) is 0. The first-order chi connectivity index (χ1) is 8.68. The molecule has 0 unspecified atom stereocenters.